The van der Waals surface area contributed by atoms with Crippen molar-refractivity contribution in [2.24, 2.45) is 0 Å². The zero-order chi connectivity index (χ0) is 32.9. The second-order valence-electron chi connectivity index (χ2n) is 11.5. The molecule has 2 aliphatic heterocycles. The molecule has 11 heteroatoms. The molecule has 2 aliphatic rings. The number of hydrogen-bond acceptors (Lipinski definition) is 7. The van der Waals surface area contributed by atoms with E-state index in [0.717, 1.165) is 27.6 Å². The maximum atomic E-state index is 14.4. The number of pyridine rings is 1. The van der Waals surface area contributed by atoms with Gasteiger partial charge in [0.1, 0.15) is 18.0 Å². The highest BCUT2D eigenvalue weighted by Crippen LogP contribution is 2.30. The molecule has 0 aliphatic carbocycles. The predicted octanol–water partition coefficient (Wildman–Crippen LogP) is 3.34. The van der Waals surface area contributed by atoms with E-state index in [1.807, 2.05) is 60.7 Å². The van der Waals surface area contributed by atoms with Crippen molar-refractivity contribution >= 4 is 34.7 Å². The van der Waals surface area contributed by atoms with Gasteiger partial charge in [0, 0.05) is 38.0 Å². The summed E-state index contributed by atoms with van der Waals surface area (Å²) in [7, 11) is 0. The van der Waals surface area contributed by atoms with E-state index < -0.39 is 24.2 Å². The molecule has 2 saturated heterocycles. The number of rotatable bonds is 8. The smallest absolute Gasteiger partial charge is 0.334 e. The topological polar surface area (TPSA) is 115 Å². The maximum Gasteiger partial charge on any atom is 0.334 e. The maximum absolute atomic E-state index is 14.4. The molecule has 0 unspecified atom stereocenters. The molecule has 2 fully saturated rings. The van der Waals surface area contributed by atoms with E-state index in [1.165, 1.54) is 16.8 Å². The summed E-state index contributed by atoms with van der Waals surface area (Å²) < 4.78 is 5.18. The molecule has 0 radical (unpaired) electrons. The first-order valence-electron chi connectivity index (χ1n) is 15.3. The number of urea groups is 1. The number of amides is 4. The fourth-order valence-electron chi connectivity index (χ4n) is 6.23. The summed E-state index contributed by atoms with van der Waals surface area (Å²) in [6.45, 7) is 1.77. The zero-order valence-electron chi connectivity index (χ0n) is 25.9. The number of aromatic nitrogens is 1. The van der Waals surface area contributed by atoms with Crippen molar-refractivity contribution in [3.05, 3.63) is 108 Å². The van der Waals surface area contributed by atoms with Crippen LogP contribution in [0.5, 0.6) is 5.75 Å². The first-order valence-corrected chi connectivity index (χ1v) is 15.3. The highest BCUT2D eigenvalue weighted by molar-refractivity contribution is 5.92. The van der Waals surface area contributed by atoms with Gasteiger partial charge in [0.15, 0.2) is 0 Å². The number of carbonyl (C=O) groups excluding carboxylic acids is 4. The number of hydrazine groups is 1. The molecule has 3 aromatic carbocycles. The van der Waals surface area contributed by atoms with Gasteiger partial charge >= 0.3 is 12.0 Å². The summed E-state index contributed by atoms with van der Waals surface area (Å²) >= 11 is 0. The fourth-order valence-corrected chi connectivity index (χ4v) is 6.23. The second-order valence-corrected chi connectivity index (χ2v) is 11.5. The Morgan fingerprint density at radius 1 is 0.979 bits per heavy atom. The first-order chi connectivity index (χ1) is 22.8. The lowest BCUT2D eigenvalue weighted by molar-refractivity contribution is -0.189. The Morgan fingerprint density at radius 2 is 1.77 bits per heavy atom. The third-order valence-corrected chi connectivity index (χ3v) is 8.31. The third kappa shape index (κ3) is 6.78. The average Bonchev–Trinajstić information content (AvgIpc) is 3.07. The van der Waals surface area contributed by atoms with Crippen LogP contribution in [0.1, 0.15) is 23.6 Å². The number of nitrogens with zero attached hydrogens (tertiary/aromatic N) is 5. The number of carbonyl (C=O) groups is 4. The van der Waals surface area contributed by atoms with E-state index in [0.29, 0.717) is 5.75 Å². The van der Waals surface area contributed by atoms with Gasteiger partial charge in [0.05, 0.1) is 25.2 Å². The Bertz CT molecular complexity index is 1840. The van der Waals surface area contributed by atoms with Gasteiger partial charge in [-0.3, -0.25) is 19.4 Å². The summed E-state index contributed by atoms with van der Waals surface area (Å²) in [5.74, 6) is 1.96. The van der Waals surface area contributed by atoms with Gasteiger partial charge in [-0.25, -0.2) is 9.80 Å². The van der Waals surface area contributed by atoms with Crippen LogP contribution < -0.4 is 10.1 Å². The summed E-state index contributed by atoms with van der Waals surface area (Å²) in [6, 6.07) is 24.6. The Hall–Kier alpha value is -5.73. The predicted molar refractivity (Wildman–Crippen MR) is 174 cm³/mol. The molecule has 4 amide bonds. The first kappa shape index (κ1) is 31.3. The van der Waals surface area contributed by atoms with Crippen LogP contribution in [0.25, 0.3) is 10.9 Å². The van der Waals surface area contributed by atoms with Gasteiger partial charge in [-0.2, -0.15) is 5.01 Å². The minimum absolute atomic E-state index is 0.0278. The minimum Gasteiger partial charge on any atom is -0.427 e. The minimum atomic E-state index is -0.911. The number of ether oxygens (including phenoxy) is 1. The molecule has 2 atom stereocenters. The number of hydrogen-bond donors (Lipinski definition) is 1. The van der Waals surface area contributed by atoms with Crippen LogP contribution in [0.2, 0.25) is 0 Å². The van der Waals surface area contributed by atoms with Crippen molar-refractivity contribution in [2.45, 2.75) is 38.6 Å². The monoisotopic (exact) mass is 630 g/mol. The summed E-state index contributed by atoms with van der Waals surface area (Å²) in [5.41, 5.74) is 3.36. The van der Waals surface area contributed by atoms with E-state index in [4.69, 9.17) is 11.2 Å². The van der Waals surface area contributed by atoms with Crippen molar-refractivity contribution in [1.29, 1.82) is 0 Å². The van der Waals surface area contributed by atoms with Crippen molar-refractivity contribution in [3.63, 3.8) is 0 Å². The van der Waals surface area contributed by atoms with E-state index in [-0.39, 0.29) is 51.0 Å². The van der Waals surface area contributed by atoms with Crippen LogP contribution in [0.15, 0.2) is 91.1 Å². The largest absolute Gasteiger partial charge is 0.427 e. The quantitative estimate of drug-likeness (QED) is 0.180. The highest BCUT2D eigenvalue weighted by Gasteiger charge is 2.51. The van der Waals surface area contributed by atoms with Crippen LogP contribution in [0.4, 0.5) is 4.79 Å². The molecular weight excluding hydrogens is 596 g/mol. The van der Waals surface area contributed by atoms with Crippen molar-refractivity contribution in [2.75, 3.05) is 19.6 Å². The molecule has 4 aromatic rings. The Labute approximate surface area is 272 Å². The molecule has 6 rings (SSSR count). The lowest BCUT2D eigenvalue weighted by Crippen LogP contribution is -2.76. The SMILES string of the molecule is C#CCN1CC(=O)N2[C@@H](Cc3ccc(OC(C)=O)cc3)C(=O)N(Cc3cccc4ncccc34)C[C@@H]2N1C(=O)NCc1ccccc1. The zero-order valence-corrected chi connectivity index (χ0v) is 25.9. The van der Waals surface area contributed by atoms with Gasteiger partial charge in [-0.15, -0.1) is 6.42 Å². The molecule has 0 spiro atoms. The number of nitrogens with one attached hydrogen (secondary N) is 1. The molecule has 0 bridgehead atoms. The molecule has 0 saturated carbocycles. The van der Waals surface area contributed by atoms with Gasteiger partial charge in [-0.05, 0) is 41.0 Å². The van der Waals surface area contributed by atoms with E-state index >= 15 is 0 Å². The molecule has 238 valence electrons. The Morgan fingerprint density at radius 3 is 2.51 bits per heavy atom. The summed E-state index contributed by atoms with van der Waals surface area (Å²) in [5, 5.41) is 6.94. The van der Waals surface area contributed by atoms with Crippen LogP contribution in [-0.2, 0) is 33.9 Å². The van der Waals surface area contributed by atoms with E-state index in [9.17, 15) is 19.2 Å². The summed E-state index contributed by atoms with van der Waals surface area (Å²) in [4.78, 5) is 61.3. The van der Waals surface area contributed by atoms with Gasteiger partial charge < -0.3 is 19.9 Å². The van der Waals surface area contributed by atoms with Gasteiger partial charge in [0.25, 0.3) is 0 Å². The molecule has 11 nitrogen and oxygen atoms in total. The number of benzene rings is 3. The number of piperazine rings is 1. The molecular formula is C36H34N6O5. The lowest BCUT2D eigenvalue weighted by Gasteiger charge is -2.55. The summed E-state index contributed by atoms with van der Waals surface area (Å²) in [6.07, 6.45) is 6.78. The number of fused-ring (bicyclic) bond motifs is 2. The molecule has 3 heterocycles. The van der Waals surface area contributed by atoms with Crippen LogP contribution in [0, 0.1) is 12.3 Å². The van der Waals surface area contributed by atoms with Crippen molar-refractivity contribution in [3.8, 4) is 18.1 Å². The van der Waals surface area contributed by atoms with Crippen molar-refractivity contribution < 1.29 is 23.9 Å². The third-order valence-electron chi connectivity index (χ3n) is 8.31. The Balaban J connectivity index is 1.36. The normalized spacial score (nSPS) is 18.1. The molecule has 1 aromatic heterocycles. The van der Waals surface area contributed by atoms with Crippen LogP contribution >= 0.6 is 0 Å². The number of terminal acetylenes is 1. The van der Waals surface area contributed by atoms with Crippen LogP contribution in [-0.4, -0.2) is 80.5 Å². The van der Waals surface area contributed by atoms with E-state index in [1.54, 1.807) is 40.4 Å². The standard InChI is InChI=1S/C36H34N6O5/c1-3-19-40-24-34(44)41-32(20-26-14-16-29(17-15-26)47-25(2)43)35(45)39(22-28-11-7-13-31-30(28)12-8-18-37-31)23-33(41)42(40)36(46)38-21-27-9-5-4-6-10-27/h1,4-18,32-33H,19-24H2,2H3,(H,38,46)/t32-,33-/m0/s1. The molecule has 1 N–H and O–H groups in total. The second kappa shape index (κ2) is 13.7. The van der Waals surface area contributed by atoms with Gasteiger partial charge in [0.2, 0.25) is 11.8 Å². The Kier molecular flexibility index (Phi) is 9.13. The van der Waals surface area contributed by atoms with Crippen LogP contribution in [0.3, 0.4) is 0 Å². The van der Waals surface area contributed by atoms with Gasteiger partial charge in [-0.1, -0.05) is 66.6 Å². The van der Waals surface area contributed by atoms with E-state index in [2.05, 4.69) is 16.2 Å². The number of esters is 1. The van der Waals surface area contributed by atoms with Crippen molar-refractivity contribution in [1.82, 2.24) is 30.1 Å². The highest BCUT2D eigenvalue weighted by atomic mass is 16.5. The average molecular weight is 631 g/mol. The lowest BCUT2D eigenvalue weighted by atomic mass is 9.98. The fraction of sp³-hybridized carbons (Fsp3) is 0.250. The molecule has 47 heavy (non-hydrogen) atoms.